The smallest absolute Gasteiger partial charge is 0.174 e. The van der Waals surface area contributed by atoms with Crippen LogP contribution in [0.15, 0.2) is 54.7 Å². The molecule has 2 atom stereocenters. The highest BCUT2D eigenvalue weighted by Crippen LogP contribution is 2.45. The van der Waals surface area contributed by atoms with Crippen LogP contribution in [0, 0.1) is 13.8 Å². The first-order valence-corrected chi connectivity index (χ1v) is 11.8. The highest BCUT2D eigenvalue weighted by molar-refractivity contribution is 7.80. The maximum atomic E-state index is 5.89. The summed E-state index contributed by atoms with van der Waals surface area (Å²) >= 11 is 5.89. The summed E-state index contributed by atoms with van der Waals surface area (Å²) in [7, 11) is 1.70. The Labute approximate surface area is 195 Å². The Balaban J connectivity index is 1.65. The van der Waals surface area contributed by atoms with Crippen LogP contribution in [0.2, 0.25) is 0 Å². The molecule has 5 rings (SSSR count). The summed E-state index contributed by atoms with van der Waals surface area (Å²) in [6, 6.07) is 17.1. The number of aromatic nitrogens is 2. The molecule has 1 saturated heterocycles. The number of hydrogen-bond acceptors (Lipinski definition) is 3. The lowest BCUT2D eigenvalue weighted by Crippen LogP contribution is -2.29. The molecule has 1 aliphatic carbocycles. The zero-order chi connectivity index (χ0) is 22.2. The molecule has 0 radical (unpaired) electrons. The molecular weight excluding hydrogens is 416 g/mol. The molecule has 1 N–H and O–H groups in total. The topological polar surface area (TPSA) is 42.3 Å². The van der Waals surface area contributed by atoms with E-state index in [9.17, 15) is 0 Å². The molecule has 0 amide bonds. The number of hydrogen-bond donors (Lipinski definition) is 1. The normalized spacial score (nSPS) is 21.2. The molecule has 2 aliphatic rings. The van der Waals surface area contributed by atoms with Crippen LogP contribution in [-0.4, -0.2) is 21.8 Å². The van der Waals surface area contributed by atoms with Gasteiger partial charge < -0.3 is 19.5 Å². The minimum absolute atomic E-state index is 0.00543. The summed E-state index contributed by atoms with van der Waals surface area (Å²) in [6.45, 7) is 4.50. The lowest BCUT2D eigenvalue weighted by Gasteiger charge is -2.28. The van der Waals surface area contributed by atoms with Crippen LogP contribution < -0.4 is 15.0 Å². The molecular formula is C26H30N4OS. The Morgan fingerprint density at radius 3 is 2.59 bits per heavy atom. The fourth-order valence-electron chi connectivity index (χ4n) is 5.54. The van der Waals surface area contributed by atoms with Gasteiger partial charge >= 0.3 is 0 Å². The number of anilines is 1. The monoisotopic (exact) mass is 446 g/mol. The van der Waals surface area contributed by atoms with Crippen LogP contribution in [-0.2, 0) is 0 Å². The van der Waals surface area contributed by atoms with E-state index < -0.39 is 0 Å². The number of aryl methyl sites for hydroxylation is 1. The second-order valence-corrected chi connectivity index (χ2v) is 9.22. The van der Waals surface area contributed by atoms with Crippen molar-refractivity contribution in [2.75, 3.05) is 12.0 Å². The van der Waals surface area contributed by atoms with Gasteiger partial charge in [-0.1, -0.05) is 25.0 Å². The van der Waals surface area contributed by atoms with Gasteiger partial charge in [0.15, 0.2) is 5.11 Å². The maximum Gasteiger partial charge on any atom is 0.174 e. The van der Waals surface area contributed by atoms with E-state index in [-0.39, 0.29) is 12.1 Å². The second kappa shape index (κ2) is 8.58. The van der Waals surface area contributed by atoms with E-state index in [1.54, 1.807) is 7.11 Å². The molecule has 2 fully saturated rings. The zero-order valence-electron chi connectivity index (χ0n) is 18.9. The van der Waals surface area contributed by atoms with E-state index in [1.165, 1.54) is 42.6 Å². The van der Waals surface area contributed by atoms with Gasteiger partial charge in [0.1, 0.15) is 5.75 Å². The van der Waals surface area contributed by atoms with Gasteiger partial charge in [-0.2, -0.15) is 0 Å². The molecule has 1 aliphatic heterocycles. The number of methoxy groups -OCH3 is 1. The summed E-state index contributed by atoms with van der Waals surface area (Å²) in [5.41, 5.74) is 5.99. The fraction of sp³-hybridized carbons (Fsp3) is 0.385. The molecule has 3 aromatic rings. The van der Waals surface area contributed by atoms with Crippen LogP contribution in [0.25, 0.3) is 0 Å². The number of rotatable bonds is 5. The zero-order valence-corrected chi connectivity index (χ0v) is 19.7. The minimum atomic E-state index is -0.0348. The standard InChI is InChI=1S/C26H30N4OS/c1-17-15-22(18(2)29(17)19-9-4-5-10-19)25-24(23-13-6-7-14-27-23)28-26(32)30(25)20-11-8-12-21(16-20)31-3/h6-8,11-16,19,24-25H,4-5,9-10H2,1-3H3,(H,28,32). The molecule has 32 heavy (non-hydrogen) atoms. The molecule has 2 aromatic heterocycles. The van der Waals surface area contributed by atoms with E-state index in [0.29, 0.717) is 11.2 Å². The van der Waals surface area contributed by atoms with E-state index >= 15 is 0 Å². The Bertz CT molecular complexity index is 1120. The van der Waals surface area contributed by atoms with Crippen LogP contribution in [0.4, 0.5) is 5.69 Å². The summed E-state index contributed by atoms with van der Waals surface area (Å²) in [5.74, 6) is 0.821. The number of pyridine rings is 1. The van der Waals surface area contributed by atoms with E-state index in [0.717, 1.165) is 17.1 Å². The number of nitrogens with one attached hydrogen (secondary N) is 1. The molecule has 1 saturated carbocycles. The van der Waals surface area contributed by atoms with Gasteiger partial charge in [0, 0.05) is 35.4 Å². The summed E-state index contributed by atoms with van der Waals surface area (Å²) in [6.07, 6.45) is 7.02. The molecule has 0 bridgehead atoms. The van der Waals surface area contributed by atoms with Crippen molar-refractivity contribution < 1.29 is 4.74 Å². The predicted molar refractivity (Wildman–Crippen MR) is 132 cm³/mol. The van der Waals surface area contributed by atoms with Gasteiger partial charge in [-0.15, -0.1) is 0 Å². The minimum Gasteiger partial charge on any atom is -0.497 e. The largest absolute Gasteiger partial charge is 0.497 e. The van der Waals surface area contributed by atoms with E-state index in [4.69, 9.17) is 17.0 Å². The lowest BCUT2D eigenvalue weighted by atomic mass is 9.96. The van der Waals surface area contributed by atoms with Crippen molar-refractivity contribution in [3.8, 4) is 5.75 Å². The second-order valence-electron chi connectivity index (χ2n) is 8.83. The highest BCUT2D eigenvalue weighted by atomic mass is 32.1. The fourth-order valence-corrected chi connectivity index (χ4v) is 5.88. The van der Waals surface area contributed by atoms with Crippen molar-refractivity contribution in [1.29, 1.82) is 0 Å². The molecule has 3 heterocycles. The summed E-state index contributed by atoms with van der Waals surface area (Å²) in [4.78, 5) is 6.92. The Kier molecular flexibility index (Phi) is 5.64. The lowest BCUT2D eigenvalue weighted by molar-refractivity contribution is 0.415. The Morgan fingerprint density at radius 2 is 1.88 bits per heavy atom. The van der Waals surface area contributed by atoms with Crippen LogP contribution in [0.5, 0.6) is 5.75 Å². The molecule has 166 valence electrons. The maximum absolute atomic E-state index is 5.89. The van der Waals surface area contributed by atoms with E-state index in [2.05, 4.69) is 57.9 Å². The van der Waals surface area contributed by atoms with Gasteiger partial charge in [-0.05, 0) is 74.8 Å². The Hall–Kier alpha value is -2.86. The van der Waals surface area contributed by atoms with Gasteiger partial charge in [0.25, 0.3) is 0 Å². The predicted octanol–water partition coefficient (Wildman–Crippen LogP) is 5.80. The van der Waals surface area contributed by atoms with Gasteiger partial charge in [-0.25, -0.2) is 0 Å². The number of nitrogens with zero attached hydrogens (tertiary/aromatic N) is 3. The van der Waals surface area contributed by atoms with Crippen molar-refractivity contribution in [1.82, 2.24) is 14.9 Å². The first-order valence-electron chi connectivity index (χ1n) is 11.4. The summed E-state index contributed by atoms with van der Waals surface area (Å²) in [5, 5.41) is 4.29. The number of thiocarbonyl (C=S) groups is 1. The first-order chi connectivity index (χ1) is 15.6. The molecule has 0 spiro atoms. The third kappa shape index (κ3) is 3.56. The SMILES string of the molecule is COc1cccc(N2C(=S)NC(c3ccccn3)C2c2cc(C)n(C3CCCC3)c2C)c1. The average molecular weight is 447 g/mol. The van der Waals surface area contributed by atoms with Gasteiger partial charge in [0.2, 0.25) is 0 Å². The number of benzene rings is 1. The van der Waals surface area contributed by atoms with Crippen molar-refractivity contribution in [2.45, 2.75) is 57.7 Å². The third-order valence-electron chi connectivity index (χ3n) is 6.96. The molecule has 5 nitrogen and oxygen atoms in total. The molecule has 1 aromatic carbocycles. The average Bonchev–Trinajstić information content (AvgIpc) is 3.52. The summed E-state index contributed by atoms with van der Waals surface area (Å²) < 4.78 is 8.07. The first kappa shape index (κ1) is 21.0. The highest BCUT2D eigenvalue weighted by Gasteiger charge is 2.42. The Morgan fingerprint density at radius 1 is 1.06 bits per heavy atom. The van der Waals surface area contributed by atoms with E-state index in [1.807, 2.05) is 30.5 Å². The van der Waals surface area contributed by atoms with Crippen molar-refractivity contribution >= 4 is 23.0 Å². The van der Waals surface area contributed by atoms with Crippen LogP contribution in [0.3, 0.4) is 0 Å². The van der Waals surface area contributed by atoms with Crippen LogP contribution in [0.1, 0.15) is 66.5 Å². The van der Waals surface area contributed by atoms with Crippen molar-refractivity contribution in [3.05, 3.63) is 77.4 Å². The van der Waals surface area contributed by atoms with Crippen molar-refractivity contribution in [3.63, 3.8) is 0 Å². The van der Waals surface area contributed by atoms with Gasteiger partial charge in [0.05, 0.1) is 24.9 Å². The molecule has 6 heteroatoms. The number of ether oxygens (including phenoxy) is 1. The van der Waals surface area contributed by atoms with Crippen molar-refractivity contribution in [2.24, 2.45) is 0 Å². The van der Waals surface area contributed by atoms with Crippen LogP contribution >= 0.6 is 12.2 Å². The molecule has 2 unspecified atom stereocenters. The third-order valence-corrected chi connectivity index (χ3v) is 7.28. The quantitative estimate of drug-likeness (QED) is 0.502. The van der Waals surface area contributed by atoms with Gasteiger partial charge in [-0.3, -0.25) is 4.98 Å².